The first kappa shape index (κ1) is 19.3. The third-order valence-corrected chi connectivity index (χ3v) is 8.36. The first-order valence-electron chi connectivity index (χ1n) is 11.2. The lowest BCUT2D eigenvalue weighted by molar-refractivity contribution is -0.212. The zero-order valence-electron chi connectivity index (χ0n) is 17.4. The Kier molecular flexibility index (Phi) is 5.30. The third kappa shape index (κ3) is 3.32. The number of rotatable bonds is 3. The van der Waals surface area contributed by atoms with E-state index >= 15 is 0 Å². The van der Waals surface area contributed by atoms with Crippen LogP contribution in [0, 0.1) is 23.2 Å². The summed E-state index contributed by atoms with van der Waals surface area (Å²) in [4.78, 5) is 12.4. The molecule has 3 aliphatic carbocycles. The maximum Gasteiger partial charge on any atom is 0.407 e. The van der Waals surface area contributed by atoms with Crippen molar-refractivity contribution in [3.05, 3.63) is 11.6 Å². The maximum atomic E-state index is 12.4. The number of ether oxygens (including phenoxy) is 2. The number of alkyl carbamates (subject to hydrolysis) is 1. The van der Waals surface area contributed by atoms with E-state index in [0.717, 1.165) is 12.8 Å². The molecule has 1 amide bonds. The van der Waals surface area contributed by atoms with Crippen LogP contribution < -0.4 is 5.32 Å². The number of carbonyl (C=O) groups is 1. The van der Waals surface area contributed by atoms with Gasteiger partial charge in [-0.2, -0.15) is 0 Å². The minimum absolute atomic E-state index is 0.0357. The second-order valence-electron chi connectivity index (χ2n) is 9.81. The Labute approximate surface area is 164 Å². The Morgan fingerprint density at radius 3 is 2.59 bits per heavy atom. The van der Waals surface area contributed by atoms with Crippen LogP contribution in [0.3, 0.4) is 0 Å². The molecule has 27 heavy (non-hydrogen) atoms. The maximum absolute atomic E-state index is 12.4. The van der Waals surface area contributed by atoms with Crippen LogP contribution >= 0.6 is 0 Å². The number of hydrogen-bond acceptors (Lipinski definition) is 3. The van der Waals surface area contributed by atoms with Gasteiger partial charge in [-0.05, 0) is 44.4 Å². The van der Waals surface area contributed by atoms with Crippen LogP contribution in [0.15, 0.2) is 11.6 Å². The van der Waals surface area contributed by atoms with Crippen molar-refractivity contribution in [3.63, 3.8) is 0 Å². The molecule has 1 saturated heterocycles. The molecular weight excluding hydrogens is 338 g/mol. The quantitative estimate of drug-likeness (QED) is 0.688. The molecule has 4 atom stereocenters. The fraction of sp³-hybridized carbons (Fsp3) is 0.870. The van der Waals surface area contributed by atoms with Gasteiger partial charge in [-0.3, -0.25) is 0 Å². The van der Waals surface area contributed by atoms with Crippen molar-refractivity contribution in [3.8, 4) is 0 Å². The zero-order chi connectivity index (χ0) is 19.1. The SMILES string of the molecule is CC1=C[C@@H](C)[C@]2(COC(=O)NC3CCCCC3)COC3(CCCC3)[C@@H]1[C@H]2C. The standard InChI is InChI=1S/C23H37NO3/c1-16-13-17(2)22(14-26-21(25)24-19-9-5-4-6-10-19)15-27-23(11-7-8-12-23)20(16)18(22)3/h13,17-20H,4-12,14-15H2,1-3H3,(H,24,25)/t17-,18-,20+,22+/m1/s1. The fourth-order valence-electron chi connectivity index (χ4n) is 6.69. The smallest absolute Gasteiger partial charge is 0.407 e. The Balaban J connectivity index is 1.45. The molecule has 0 unspecified atom stereocenters. The summed E-state index contributed by atoms with van der Waals surface area (Å²) >= 11 is 0. The third-order valence-electron chi connectivity index (χ3n) is 8.36. The largest absolute Gasteiger partial charge is 0.449 e. The zero-order valence-corrected chi connectivity index (χ0v) is 17.4. The molecular formula is C23H37NO3. The summed E-state index contributed by atoms with van der Waals surface area (Å²) in [5, 5.41) is 3.10. The Bertz CT molecular complexity index is 588. The molecule has 1 aliphatic heterocycles. The summed E-state index contributed by atoms with van der Waals surface area (Å²) in [5.41, 5.74) is 1.43. The first-order chi connectivity index (χ1) is 13.0. The molecule has 3 fully saturated rings. The lowest BCUT2D eigenvalue weighted by Gasteiger charge is -2.59. The predicted molar refractivity (Wildman–Crippen MR) is 107 cm³/mol. The number of carbonyl (C=O) groups excluding carboxylic acids is 1. The molecule has 2 saturated carbocycles. The van der Waals surface area contributed by atoms with Gasteiger partial charge in [0.1, 0.15) is 6.61 Å². The van der Waals surface area contributed by atoms with Crippen LogP contribution in [0.5, 0.6) is 0 Å². The van der Waals surface area contributed by atoms with Crippen molar-refractivity contribution in [1.82, 2.24) is 5.32 Å². The Morgan fingerprint density at radius 2 is 1.89 bits per heavy atom. The Morgan fingerprint density at radius 1 is 1.19 bits per heavy atom. The summed E-state index contributed by atoms with van der Waals surface area (Å²) < 4.78 is 12.5. The van der Waals surface area contributed by atoms with Gasteiger partial charge in [-0.15, -0.1) is 0 Å². The van der Waals surface area contributed by atoms with E-state index in [2.05, 4.69) is 32.2 Å². The van der Waals surface area contributed by atoms with E-state index in [4.69, 9.17) is 9.47 Å². The van der Waals surface area contributed by atoms with Crippen LogP contribution in [-0.2, 0) is 9.47 Å². The summed E-state index contributed by atoms with van der Waals surface area (Å²) in [6.07, 6.45) is 13.0. The van der Waals surface area contributed by atoms with Gasteiger partial charge in [-0.1, -0.05) is 57.6 Å². The normalized spacial score (nSPS) is 38.5. The van der Waals surface area contributed by atoms with Crippen molar-refractivity contribution in [2.75, 3.05) is 13.2 Å². The van der Waals surface area contributed by atoms with E-state index in [1.54, 1.807) is 0 Å². The van der Waals surface area contributed by atoms with Crippen LogP contribution in [0.25, 0.3) is 0 Å². The van der Waals surface area contributed by atoms with Crippen molar-refractivity contribution in [2.45, 2.75) is 90.2 Å². The van der Waals surface area contributed by atoms with Crippen LogP contribution in [0.1, 0.15) is 78.6 Å². The molecule has 0 aromatic rings. The number of hydrogen-bond donors (Lipinski definition) is 1. The number of allylic oxidation sites excluding steroid dienone is 1. The van der Waals surface area contributed by atoms with E-state index in [-0.39, 0.29) is 17.1 Å². The lowest BCUT2D eigenvalue weighted by Crippen LogP contribution is -2.61. The molecule has 0 aromatic carbocycles. The van der Waals surface area contributed by atoms with Crippen molar-refractivity contribution in [1.29, 1.82) is 0 Å². The molecule has 2 bridgehead atoms. The van der Waals surface area contributed by atoms with E-state index in [1.165, 1.54) is 50.5 Å². The van der Waals surface area contributed by atoms with Crippen LogP contribution in [0.4, 0.5) is 4.79 Å². The second-order valence-corrected chi connectivity index (χ2v) is 9.81. The molecule has 4 heteroatoms. The van der Waals surface area contributed by atoms with Crippen molar-refractivity contribution in [2.24, 2.45) is 23.2 Å². The van der Waals surface area contributed by atoms with Gasteiger partial charge in [0, 0.05) is 17.4 Å². The van der Waals surface area contributed by atoms with Gasteiger partial charge >= 0.3 is 6.09 Å². The lowest BCUT2D eigenvalue weighted by atomic mass is 9.53. The highest BCUT2D eigenvalue weighted by Crippen LogP contribution is 2.59. The van der Waals surface area contributed by atoms with Crippen molar-refractivity contribution >= 4 is 6.09 Å². The predicted octanol–water partition coefficient (Wildman–Crippen LogP) is 5.22. The molecule has 0 radical (unpaired) electrons. The van der Waals surface area contributed by atoms with Gasteiger partial charge in [0.25, 0.3) is 0 Å². The second kappa shape index (κ2) is 7.42. The molecule has 1 N–H and O–H groups in total. The van der Waals surface area contributed by atoms with Gasteiger partial charge in [0.15, 0.2) is 0 Å². The Hall–Kier alpha value is -1.03. The van der Waals surface area contributed by atoms with Crippen LogP contribution in [-0.4, -0.2) is 30.9 Å². The highest BCUT2D eigenvalue weighted by atomic mass is 16.6. The highest BCUT2D eigenvalue weighted by molar-refractivity contribution is 5.67. The fourth-order valence-corrected chi connectivity index (χ4v) is 6.69. The first-order valence-corrected chi connectivity index (χ1v) is 11.2. The van der Waals surface area contributed by atoms with Crippen molar-refractivity contribution < 1.29 is 14.3 Å². The number of nitrogens with one attached hydrogen (secondary N) is 1. The minimum atomic E-state index is -0.236. The van der Waals surface area contributed by atoms with E-state index in [1.807, 2.05) is 0 Å². The highest BCUT2D eigenvalue weighted by Gasteiger charge is 2.60. The van der Waals surface area contributed by atoms with Gasteiger partial charge in [0.05, 0.1) is 12.2 Å². The summed E-state index contributed by atoms with van der Waals surface area (Å²) in [6, 6.07) is 0.296. The van der Waals surface area contributed by atoms with E-state index in [9.17, 15) is 4.79 Å². The monoisotopic (exact) mass is 375 g/mol. The summed E-state index contributed by atoms with van der Waals surface area (Å²) in [7, 11) is 0. The molecule has 4 nitrogen and oxygen atoms in total. The number of fused-ring (bicyclic) bond motifs is 3. The van der Waals surface area contributed by atoms with Crippen LogP contribution in [0.2, 0.25) is 0 Å². The summed E-state index contributed by atoms with van der Waals surface area (Å²) in [6.45, 7) is 8.11. The minimum Gasteiger partial charge on any atom is -0.449 e. The average Bonchev–Trinajstić information content (AvgIpc) is 3.10. The van der Waals surface area contributed by atoms with E-state index < -0.39 is 0 Å². The van der Waals surface area contributed by atoms with Gasteiger partial charge in [0.2, 0.25) is 0 Å². The molecule has 152 valence electrons. The molecule has 1 spiro atoms. The topological polar surface area (TPSA) is 47.6 Å². The average molecular weight is 376 g/mol. The molecule has 4 rings (SSSR count). The van der Waals surface area contributed by atoms with Gasteiger partial charge < -0.3 is 14.8 Å². The number of amides is 1. The summed E-state index contributed by atoms with van der Waals surface area (Å²) in [5.74, 6) is 1.31. The molecule has 0 aromatic heterocycles. The molecule has 4 aliphatic rings. The molecule has 1 heterocycles. The van der Waals surface area contributed by atoms with Gasteiger partial charge in [-0.25, -0.2) is 4.79 Å². The van der Waals surface area contributed by atoms with E-state index in [0.29, 0.717) is 37.0 Å².